The fourth-order valence-electron chi connectivity index (χ4n) is 2.66. The molecule has 1 aliphatic heterocycles. The number of carbonyl (C=O) groups is 1. The van der Waals surface area contributed by atoms with Crippen LogP contribution in [0.15, 0.2) is 53.9 Å². The molecule has 2 heterocycles. The number of carbonyl (C=O) groups excluding carboxylic acids is 1. The molecule has 1 aromatic heterocycles. The summed E-state index contributed by atoms with van der Waals surface area (Å²) < 4.78 is 45.7. The van der Waals surface area contributed by atoms with Crippen LogP contribution in [0.5, 0.6) is 23.0 Å². The molecule has 0 fully saturated rings. The van der Waals surface area contributed by atoms with Crippen LogP contribution in [0, 0.1) is 0 Å². The number of ether oxygens (including phenoxy) is 4. The molecule has 0 saturated heterocycles. The average Bonchev–Trinajstić information content (AvgIpc) is 3.36. The minimum Gasteiger partial charge on any atom is -0.489 e. The van der Waals surface area contributed by atoms with Crippen molar-refractivity contribution >= 4 is 22.9 Å². The Hall–Kier alpha value is -3.33. The SMILES string of the molecule is O=C(Nc1ccccc1OC(F)F)c1cc(COc2ccc3c(c2)OCO3)cs1. The van der Waals surface area contributed by atoms with Crippen molar-refractivity contribution in [3.63, 3.8) is 0 Å². The van der Waals surface area contributed by atoms with Crippen LogP contribution in [0.1, 0.15) is 15.2 Å². The maximum absolute atomic E-state index is 12.5. The summed E-state index contributed by atoms with van der Waals surface area (Å²) in [6.45, 7) is -2.53. The summed E-state index contributed by atoms with van der Waals surface area (Å²) in [5.74, 6) is 1.39. The van der Waals surface area contributed by atoms with Crippen LogP contribution >= 0.6 is 11.3 Å². The predicted molar refractivity (Wildman–Crippen MR) is 102 cm³/mol. The van der Waals surface area contributed by atoms with Crippen LogP contribution in [-0.4, -0.2) is 19.3 Å². The number of amides is 1. The Labute approximate surface area is 168 Å². The molecule has 0 atom stereocenters. The zero-order valence-electron chi connectivity index (χ0n) is 14.9. The van der Waals surface area contributed by atoms with Gasteiger partial charge in [0.1, 0.15) is 18.1 Å². The van der Waals surface area contributed by atoms with E-state index in [0.717, 1.165) is 5.56 Å². The Morgan fingerprint density at radius 1 is 1.14 bits per heavy atom. The molecule has 4 rings (SSSR count). The molecule has 0 unspecified atom stereocenters. The quantitative estimate of drug-likeness (QED) is 0.590. The van der Waals surface area contributed by atoms with E-state index in [0.29, 0.717) is 22.1 Å². The first-order chi connectivity index (χ1) is 14.1. The summed E-state index contributed by atoms with van der Waals surface area (Å²) in [7, 11) is 0. The molecule has 0 bridgehead atoms. The maximum atomic E-state index is 12.5. The highest BCUT2D eigenvalue weighted by molar-refractivity contribution is 7.12. The van der Waals surface area contributed by atoms with Gasteiger partial charge in [0.05, 0.1) is 10.6 Å². The van der Waals surface area contributed by atoms with E-state index in [-0.39, 0.29) is 24.8 Å². The van der Waals surface area contributed by atoms with E-state index in [4.69, 9.17) is 14.2 Å². The normalized spacial score (nSPS) is 12.1. The van der Waals surface area contributed by atoms with E-state index in [9.17, 15) is 13.6 Å². The number of fused-ring (bicyclic) bond motifs is 1. The number of thiophene rings is 1. The molecule has 3 aromatic rings. The highest BCUT2D eigenvalue weighted by Gasteiger charge is 2.16. The summed E-state index contributed by atoms with van der Waals surface area (Å²) in [6, 6.07) is 13.0. The number of anilines is 1. The van der Waals surface area contributed by atoms with Crippen LogP contribution in [0.4, 0.5) is 14.5 Å². The summed E-state index contributed by atoms with van der Waals surface area (Å²) in [5.41, 5.74) is 0.972. The lowest BCUT2D eigenvalue weighted by atomic mass is 10.2. The number of hydrogen-bond acceptors (Lipinski definition) is 6. The molecular weight excluding hydrogens is 404 g/mol. The van der Waals surface area contributed by atoms with Crippen LogP contribution in [-0.2, 0) is 6.61 Å². The topological polar surface area (TPSA) is 66.0 Å². The second-order valence-electron chi connectivity index (χ2n) is 5.95. The number of nitrogens with one attached hydrogen (secondary N) is 1. The van der Waals surface area contributed by atoms with Gasteiger partial charge in [-0.3, -0.25) is 4.79 Å². The molecule has 1 amide bonds. The molecule has 150 valence electrons. The summed E-state index contributed by atoms with van der Waals surface area (Å²) in [4.78, 5) is 12.9. The van der Waals surface area contributed by atoms with Gasteiger partial charge in [-0.1, -0.05) is 12.1 Å². The van der Waals surface area contributed by atoms with Gasteiger partial charge in [0.15, 0.2) is 11.5 Å². The zero-order valence-corrected chi connectivity index (χ0v) is 15.7. The van der Waals surface area contributed by atoms with Gasteiger partial charge in [-0.25, -0.2) is 0 Å². The van der Waals surface area contributed by atoms with Crippen LogP contribution in [0.2, 0.25) is 0 Å². The third kappa shape index (κ3) is 4.57. The molecule has 0 aliphatic carbocycles. The van der Waals surface area contributed by atoms with Crippen molar-refractivity contribution in [2.24, 2.45) is 0 Å². The van der Waals surface area contributed by atoms with E-state index in [1.807, 2.05) is 0 Å². The molecule has 1 N–H and O–H groups in total. The molecule has 0 spiro atoms. The van der Waals surface area contributed by atoms with Crippen molar-refractivity contribution in [3.8, 4) is 23.0 Å². The zero-order chi connectivity index (χ0) is 20.2. The van der Waals surface area contributed by atoms with Gasteiger partial charge in [-0.05, 0) is 35.7 Å². The van der Waals surface area contributed by atoms with Crippen molar-refractivity contribution in [1.29, 1.82) is 0 Å². The summed E-state index contributed by atoms with van der Waals surface area (Å²) in [6.07, 6.45) is 0. The third-order valence-electron chi connectivity index (χ3n) is 3.98. The molecule has 9 heteroatoms. The van der Waals surface area contributed by atoms with Crippen molar-refractivity contribution in [3.05, 3.63) is 64.4 Å². The highest BCUT2D eigenvalue weighted by atomic mass is 32.1. The number of hydrogen-bond donors (Lipinski definition) is 1. The van der Waals surface area contributed by atoms with Gasteiger partial charge < -0.3 is 24.3 Å². The van der Waals surface area contributed by atoms with Crippen LogP contribution < -0.4 is 24.3 Å². The monoisotopic (exact) mass is 419 g/mol. The lowest BCUT2D eigenvalue weighted by molar-refractivity contribution is -0.0493. The average molecular weight is 419 g/mol. The maximum Gasteiger partial charge on any atom is 0.387 e. The Bertz CT molecular complexity index is 1020. The lowest BCUT2D eigenvalue weighted by Crippen LogP contribution is -2.12. The van der Waals surface area contributed by atoms with Crippen molar-refractivity contribution in [2.75, 3.05) is 12.1 Å². The van der Waals surface area contributed by atoms with Crippen molar-refractivity contribution < 1.29 is 32.5 Å². The highest BCUT2D eigenvalue weighted by Crippen LogP contribution is 2.35. The summed E-state index contributed by atoms with van der Waals surface area (Å²) in [5, 5.41) is 4.38. The number of alkyl halides is 2. The van der Waals surface area contributed by atoms with Gasteiger partial charge in [-0.2, -0.15) is 8.78 Å². The van der Waals surface area contributed by atoms with Crippen molar-refractivity contribution in [1.82, 2.24) is 0 Å². The molecule has 6 nitrogen and oxygen atoms in total. The molecule has 29 heavy (non-hydrogen) atoms. The molecule has 2 aromatic carbocycles. The minimum atomic E-state index is -2.98. The first-order valence-electron chi connectivity index (χ1n) is 8.53. The van der Waals surface area contributed by atoms with E-state index in [1.165, 1.54) is 23.5 Å². The van der Waals surface area contributed by atoms with E-state index in [2.05, 4.69) is 10.1 Å². The van der Waals surface area contributed by atoms with Gasteiger partial charge in [0.2, 0.25) is 6.79 Å². The third-order valence-corrected chi connectivity index (χ3v) is 4.96. The first kappa shape index (κ1) is 19.0. The Morgan fingerprint density at radius 2 is 1.97 bits per heavy atom. The van der Waals surface area contributed by atoms with E-state index < -0.39 is 12.5 Å². The van der Waals surface area contributed by atoms with E-state index in [1.54, 1.807) is 41.8 Å². The Morgan fingerprint density at radius 3 is 2.83 bits per heavy atom. The molecule has 0 saturated carbocycles. The standard InChI is InChI=1S/C20H15F2NO5S/c21-20(22)28-15-4-2-1-3-14(15)23-19(24)18-7-12(10-29-18)9-25-13-5-6-16-17(8-13)27-11-26-16/h1-8,10,20H,9,11H2,(H,23,24). The number of rotatable bonds is 7. The fourth-order valence-corrected chi connectivity index (χ4v) is 3.45. The minimum absolute atomic E-state index is 0.0984. The smallest absolute Gasteiger partial charge is 0.387 e. The molecular formula is C20H15F2NO5S. The summed E-state index contributed by atoms with van der Waals surface area (Å²) >= 11 is 1.23. The number of benzene rings is 2. The van der Waals surface area contributed by atoms with E-state index >= 15 is 0 Å². The Kier molecular flexibility index (Phi) is 5.48. The molecule has 1 aliphatic rings. The van der Waals surface area contributed by atoms with Crippen LogP contribution in [0.3, 0.4) is 0 Å². The molecule has 0 radical (unpaired) electrons. The lowest BCUT2D eigenvalue weighted by Gasteiger charge is -2.10. The van der Waals surface area contributed by atoms with Crippen LogP contribution in [0.25, 0.3) is 0 Å². The fraction of sp³-hybridized carbons (Fsp3) is 0.150. The van der Waals surface area contributed by atoms with Gasteiger partial charge in [0, 0.05) is 11.6 Å². The van der Waals surface area contributed by atoms with Crippen molar-refractivity contribution in [2.45, 2.75) is 13.2 Å². The number of para-hydroxylation sites is 2. The second kappa shape index (κ2) is 8.36. The van der Waals surface area contributed by atoms with Gasteiger partial charge >= 0.3 is 6.61 Å². The Balaban J connectivity index is 1.38. The van der Waals surface area contributed by atoms with Gasteiger partial charge in [-0.15, -0.1) is 11.3 Å². The van der Waals surface area contributed by atoms with Gasteiger partial charge in [0.25, 0.3) is 5.91 Å². The number of halogens is 2. The largest absolute Gasteiger partial charge is 0.489 e. The second-order valence-corrected chi connectivity index (χ2v) is 6.86. The predicted octanol–water partition coefficient (Wildman–Crippen LogP) is 4.91. The first-order valence-corrected chi connectivity index (χ1v) is 9.41.